The molecule has 0 unspecified atom stereocenters. The van der Waals surface area contributed by atoms with Gasteiger partial charge in [0, 0.05) is 17.1 Å². The van der Waals surface area contributed by atoms with Gasteiger partial charge in [-0.1, -0.05) is 0 Å². The summed E-state index contributed by atoms with van der Waals surface area (Å²) < 4.78 is 33.7. The first-order valence-corrected chi connectivity index (χ1v) is 8.78. The standard InChI is InChI=1S/C13H17BrN2O4S/c1-4-20-13(17)9-5-10-7-16(8(2)3)21(18,19)15-12(10)11(14)6-9/h5-6,8,15H,4,7H2,1-3H3. The van der Waals surface area contributed by atoms with Crippen LogP contribution in [0.3, 0.4) is 0 Å². The number of halogens is 1. The maximum atomic E-state index is 12.2. The molecule has 1 N–H and O–H groups in total. The third-order valence-electron chi connectivity index (χ3n) is 3.12. The van der Waals surface area contributed by atoms with Crippen molar-refractivity contribution in [2.75, 3.05) is 11.3 Å². The number of nitrogens with one attached hydrogen (secondary N) is 1. The van der Waals surface area contributed by atoms with E-state index < -0.39 is 16.2 Å². The minimum absolute atomic E-state index is 0.180. The van der Waals surface area contributed by atoms with Crippen LogP contribution in [0.15, 0.2) is 16.6 Å². The third kappa shape index (κ3) is 3.22. The van der Waals surface area contributed by atoms with Crippen LogP contribution in [0, 0.1) is 0 Å². The van der Waals surface area contributed by atoms with E-state index in [9.17, 15) is 13.2 Å². The Morgan fingerprint density at radius 3 is 2.71 bits per heavy atom. The number of hydrogen-bond donors (Lipinski definition) is 1. The molecule has 21 heavy (non-hydrogen) atoms. The monoisotopic (exact) mass is 376 g/mol. The number of fused-ring (bicyclic) bond motifs is 1. The molecule has 0 saturated heterocycles. The van der Waals surface area contributed by atoms with Crippen molar-refractivity contribution < 1.29 is 17.9 Å². The van der Waals surface area contributed by atoms with Crippen LogP contribution in [0.2, 0.25) is 0 Å². The van der Waals surface area contributed by atoms with Gasteiger partial charge < -0.3 is 4.74 Å². The second-order valence-electron chi connectivity index (χ2n) is 4.96. The molecule has 0 fully saturated rings. The molecule has 1 aliphatic rings. The highest BCUT2D eigenvalue weighted by molar-refractivity contribution is 9.10. The Bertz CT molecular complexity index is 673. The molecule has 1 aromatic carbocycles. The van der Waals surface area contributed by atoms with Gasteiger partial charge >= 0.3 is 16.2 Å². The van der Waals surface area contributed by atoms with Gasteiger partial charge in [-0.05, 0) is 54.4 Å². The Kier molecular flexibility index (Phi) is 4.60. The summed E-state index contributed by atoms with van der Waals surface area (Å²) in [7, 11) is -3.56. The van der Waals surface area contributed by atoms with E-state index in [1.54, 1.807) is 32.9 Å². The quantitative estimate of drug-likeness (QED) is 0.822. The molecule has 8 heteroatoms. The molecule has 6 nitrogen and oxygen atoms in total. The van der Waals surface area contributed by atoms with Crippen LogP contribution in [-0.4, -0.2) is 31.3 Å². The summed E-state index contributed by atoms with van der Waals surface area (Å²) in [5, 5.41) is 0. The lowest BCUT2D eigenvalue weighted by molar-refractivity contribution is 0.0526. The summed E-state index contributed by atoms with van der Waals surface area (Å²) in [6, 6.07) is 3.04. The van der Waals surface area contributed by atoms with E-state index in [1.807, 2.05) is 0 Å². The average molecular weight is 377 g/mol. The zero-order valence-corrected chi connectivity index (χ0v) is 14.4. The molecule has 1 aliphatic heterocycles. The molecule has 0 saturated carbocycles. The molecule has 2 rings (SSSR count). The Morgan fingerprint density at radius 2 is 2.14 bits per heavy atom. The maximum absolute atomic E-state index is 12.2. The minimum atomic E-state index is -3.56. The molecule has 0 spiro atoms. The van der Waals surface area contributed by atoms with Crippen molar-refractivity contribution in [2.24, 2.45) is 0 Å². The number of hydrogen-bond acceptors (Lipinski definition) is 4. The Labute approximate surface area is 132 Å². The Hall–Kier alpha value is -1.12. The van der Waals surface area contributed by atoms with E-state index in [0.717, 1.165) is 5.56 Å². The fraction of sp³-hybridized carbons (Fsp3) is 0.462. The van der Waals surface area contributed by atoms with Gasteiger partial charge in [0.1, 0.15) is 0 Å². The van der Waals surface area contributed by atoms with Crippen LogP contribution in [0.25, 0.3) is 0 Å². The summed E-state index contributed by atoms with van der Waals surface area (Å²) in [6.45, 7) is 5.84. The number of rotatable bonds is 3. The molecule has 1 aromatic rings. The van der Waals surface area contributed by atoms with Crippen LogP contribution in [0.5, 0.6) is 0 Å². The highest BCUT2D eigenvalue weighted by atomic mass is 79.9. The van der Waals surface area contributed by atoms with Crippen molar-refractivity contribution in [1.29, 1.82) is 0 Å². The maximum Gasteiger partial charge on any atom is 0.338 e. The SMILES string of the molecule is CCOC(=O)c1cc(Br)c2c(c1)CN(C(C)C)S(=O)(=O)N2. The van der Waals surface area contributed by atoms with E-state index in [1.165, 1.54) is 4.31 Å². The van der Waals surface area contributed by atoms with Gasteiger partial charge in [-0.2, -0.15) is 12.7 Å². The fourth-order valence-corrected chi connectivity index (χ4v) is 4.35. The van der Waals surface area contributed by atoms with Gasteiger partial charge in [0.05, 0.1) is 17.9 Å². The second-order valence-corrected chi connectivity index (χ2v) is 7.44. The van der Waals surface area contributed by atoms with Gasteiger partial charge in [-0.25, -0.2) is 4.79 Å². The molecule has 116 valence electrons. The van der Waals surface area contributed by atoms with Crippen molar-refractivity contribution in [2.45, 2.75) is 33.4 Å². The topological polar surface area (TPSA) is 75.7 Å². The Morgan fingerprint density at radius 1 is 1.48 bits per heavy atom. The lowest BCUT2D eigenvalue weighted by Gasteiger charge is -2.32. The van der Waals surface area contributed by atoms with E-state index >= 15 is 0 Å². The molecule has 0 bridgehead atoms. The number of esters is 1. The lowest BCUT2D eigenvalue weighted by atomic mass is 10.1. The van der Waals surface area contributed by atoms with Crippen LogP contribution in [0.4, 0.5) is 5.69 Å². The number of carbonyl (C=O) groups is 1. The number of carbonyl (C=O) groups excluding carboxylic acids is 1. The average Bonchev–Trinajstić information content (AvgIpc) is 2.38. The Balaban J connectivity index is 2.47. The lowest BCUT2D eigenvalue weighted by Crippen LogP contribution is -2.43. The summed E-state index contributed by atoms with van der Waals surface area (Å²) >= 11 is 3.31. The summed E-state index contributed by atoms with van der Waals surface area (Å²) in [4.78, 5) is 11.8. The van der Waals surface area contributed by atoms with Crippen molar-refractivity contribution in [1.82, 2.24) is 4.31 Å². The molecule has 0 atom stereocenters. The molecule has 0 radical (unpaired) electrons. The van der Waals surface area contributed by atoms with Gasteiger partial charge in [-0.15, -0.1) is 0 Å². The molecular weight excluding hydrogens is 360 g/mol. The van der Waals surface area contributed by atoms with Gasteiger partial charge in [0.25, 0.3) is 0 Å². The van der Waals surface area contributed by atoms with Gasteiger partial charge in [0.15, 0.2) is 0 Å². The summed E-state index contributed by atoms with van der Waals surface area (Å²) in [5.74, 6) is -0.425. The first-order valence-electron chi connectivity index (χ1n) is 6.55. The van der Waals surface area contributed by atoms with E-state index in [2.05, 4.69) is 20.7 Å². The molecular formula is C13H17BrN2O4S. The normalized spacial score (nSPS) is 17.2. The number of nitrogens with zero attached hydrogens (tertiary/aromatic N) is 1. The smallest absolute Gasteiger partial charge is 0.338 e. The fourth-order valence-electron chi connectivity index (χ4n) is 2.14. The largest absolute Gasteiger partial charge is 0.462 e. The van der Waals surface area contributed by atoms with Crippen molar-refractivity contribution in [3.8, 4) is 0 Å². The summed E-state index contributed by atoms with van der Waals surface area (Å²) in [6.07, 6.45) is 0. The summed E-state index contributed by atoms with van der Waals surface area (Å²) in [5.41, 5.74) is 1.60. The zero-order chi connectivity index (χ0) is 15.8. The zero-order valence-electron chi connectivity index (χ0n) is 12.0. The van der Waals surface area contributed by atoms with Gasteiger partial charge in [0.2, 0.25) is 0 Å². The minimum Gasteiger partial charge on any atom is -0.462 e. The molecule has 0 aromatic heterocycles. The predicted octanol–water partition coefficient (Wildman–Crippen LogP) is 2.51. The third-order valence-corrected chi connectivity index (χ3v) is 5.38. The number of benzene rings is 1. The molecule has 0 amide bonds. The molecule has 0 aliphatic carbocycles. The molecule has 1 heterocycles. The van der Waals surface area contributed by atoms with Crippen LogP contribution < -0.4 is 4.72 Å². The van der Waals surface area contributed by atoms with Gasteiger partial charge in [-0.3, -0.25) is 4.72 Å². The van der Waals surface area contributed by atoms with Crippen molar-refractivity contribution in [3.05, 3.63) is 27.7 Å². The highest BCUT2D eigenvalue weighted by Gasteiger charge is 2.32. The van der Waals surface area contributed by atoms with Crippen LogP contribution in [-0.2, 0) is 21.5 Å². The predicted molar refractivity (Wildman–Crippen MR) is 83.3 cm³/mol. The van der Waals surface area contributed by atoms with Crippen LogP contribution >= 0.6 is 15.9 Å². The van der Waals surface area contributed by atoms with Crippen molar-refractivity contribution in [3.63, 3.8) is 0 Å². The first kappa shape index (κ1) is 16.3. The van der Waals surface area contributed by atoms with Crippen molar-refractivity contribution >= 4 is 37.8 Å². The number of ether oxygens (including phenoxy) is 1. The number of anilines is 1. The second kappa shape index (κ2) is 5.94. The van der Waals surface area contributed by atoms with E-state index in [-0.39, 0.29) is 19.2 Å². The van der Waals surface area contributed by atoms with E-state index in [0.29, 0.717) is 15.7 Å². The van der Waals surface area contributed by atoms with E-state index in [4.69, 9.17) is 4.74 Å². The highest BCUT2D eigenvalue weighted by Crippen LogP contribution is 2.35. The van der Waals surface area contributed by atoms with Crippen LogP contribution in [0.1, 0.15) is 36.7 Å². The first-order chi connectivity index (χ1) is 9.76.